The highest BCUT2D eigenvalue weighted by Crippen LogP contribution is 2.22. The fraction of sp³-hybridized carbons (Fsp3) is 0.400. The molecule has 1 fully saturated rings. The molecule has 0 radical (unpaired) electrons. The van der Waals surface area contributed by atoms with Crippen LogP contribution >= 0.6 is 15.9 Å². The zero-order chi connectivity index (χ0) is 9.97. The molecule has 1 atom stereocenters. The molecule has 2 nitrogen and oxygen atoms in total. The summed E-state index contributed by atoms with van der Waals surface area (Å²) >= 11 is 3.23. The lowest BCUT2D eigenvalue weighted by atomic mass is 10.1. The number of nitrogens with one attached hydrogen (secondary N) is 1. The van der Waals surface area contributed by atoms with E-state index in [-0.39, 0.29) is 11.9 Å². The summed E-state index contributed by atoms with van der Waals surface area (Å²) < 4.78 is 19.5. The molecule has 1 aromatic carbocycles. The van der Waals surface area contributed by atoms with Gasteiger partial charge in [-0.25, -0.2) is 4.39 Å². The maximum atomic E-state index is 13.5. The van der Waals surface area contributed by atoms with Crippen LogP contribution in [0.2, 0.25) is 0 Å². The first-order chi connectivity index (χ1) is 6.77. The van der Waals surface area contributed by atoms with Crippen LogP contribution in [0.1, 0.15) is 11.6 Å². The Balaban J connectivity index is 2.22. The van der Waals surface area contributed by atoms with Gasteiger partial charge in [0.1, 0.15) is 5.82 Å². The minimum atomic E-state index is -0.192. The van der Waals surface area contributed by atoms with Crippen LogP contribution in [0.25, 0.3) is 0 Å². The average Bonchev–Trinajstić information content (AvgIpc) is 2.19. The molecule has 1 saturated heterocycles. The van der Waals surface area contributed by atoms with Crippen molar-refractivity contribution in [3.05, 3.63) is 34.1 Å². The molecule has 0 unspecified atom stereocenters. The Morgan fingerprint density at radius 1 is 1.50 bits per heavy atom. The Bertz CT molecular complexity index is 326. The zero-order valence-electron chi connectivity index (χ0n) is 7.59. The summed E-state index contributed by atoms with van der Waals surface area (Å²) in [6.07, 6.45) is 0. The molecular formula is C10H11BrFNO. The molecule has 14 heavy (non-hydrogen) atoms. The van der Waals surface area contributed by atoms with Crippen molar-refractivity contribution in [3.8, 4) is 0 Å². The van der Waals surface area contributed by atoms with Crippen LogP contribution in [0.5, 0.6) is 0 Å². The second-order valence-electron chi connectivity index (χ2n) is 3.25. The van der Waals surface area contributed by atoms with E-state index in [0.29, 0.717) is 18.8 Å². The number of hydrogen-bond acceptors (Lipinski definition) is 2. The van der Waals surface area contributed by atoms with Crippen LogP contribution in [-0.4, -0.2) is 19.8 Å². The van der Waals surface area contributed by atoms with Crippen molar-refractivity contribution in [2.75, 3.05) is 19.8 Å². The molecule has 0 saturated carbocycles. The molecule has 4 heteroatoms. The fourth-order valence-electron chi connectivity index (χ4n) is 1.55. The first-order valence-corrected chi connectivity index (χ1v) is 5.33. The number of hydrogen-bond donors (Lipinski definition) is 1. The van der Waals surface area contributed by atoms with Gasteiger partial charge in [-0.3, -0.25) is 0 Å². The van der Waals surface area contributed by atoms with Gasteiger partial charge in [0, 0.05) is 16.6 Å². The Labute approximate surface area is 90.6 Å². The third kappa shape index (κ3) is 2.13. The van der Waals surface area contributed by atoms with Crippen LogP contribution in [0.15, 0.2) is 22.7 Å². The second kappa shape index (κ2) is 4.38. The van der Waals surface area contributed by atoms with Crippen molar-refractivity contribution in [3.63, 3.8) is 0 Å². The van der Waals surface area contributed by atoms with E-state index in [1.165, 1.54) is 6.07 Å². The van der Waals surface area contributed by atoms with Crippen LogP contribution in [0, 0.1) is 5.82 Å². The van der Waals surface area contributed by atoms with E-state index in [9.17, 15) is 4.39 Å². The number of halogens is 2. The first-order valence-electron chi connectivity index (χ1n) is 4.53. The largest absolute Gasteiger partial charge is 0.378 e. The molecule has 0 spiro atoms. The number of benzene rings is 1. The predicted molar refractivity (Wildman–Crippen MR) is 55.7 cm³/mol. The first kappa shape index (κ1) is 10.1. The van der Waals surface area contributed by atoms with Gasteiger partial charge in [0.15, 0.2) is 0 Å². The summed E-state index contributed by atoms with van der Waals surface area (Å²) in [5.74, 6) is -0.192. The molecular weight excluding hydrogens is 249 g/mol. The third-order valence-corrected chi connectivity index (χ3v) is 2.75. The summed E-state index contributed by atoms with van der Waals surface area (Å²) in [4.78, 5) is 0. The number of morpholine rings is 1. The van der Waals surface area contributed by atoms with Crippen molar-refractivity contribution < 1.29 is 9.13 Å². The molecule has 1 N–H and O–H groups in total. The molecule has 2 rings (SSSR count). The van der Waals surface area contributed by atoms with Gasteiger partial charge in [-0.15, -0.1) is 0 Å². The van der Waals surface area contributed by atoms with Gasteiger partial charge in [0.2, 0.25) is 0 Å². The van der Waals surface area contributed by atoms with Gasteiger partial charge in [-0.1, -0.05) is 22.0 Å². The van der Waals surface area contributed by atoms with E-state index in [0.717, 1.165) is 11.0 Å². The minimum absolute atomic E-state index is 0.0168. The van der Waals surface area contributed by atoms with Gasteiger partial charge in [0.25, 0.3) is 0 Å². The Hall–Kier alpha value is -0.450. The van der Waals surface area contributed by atoms with Gasteiger partial charge in [-0.05, 0) is 12.1 Å². The van der Waals surface area contributed by atoms with Crippen molar-refractivity contribution in [2.24, 2.45) is 0 Å². The Morgan fingerprint density at radius 2 is 2.36 bits per heavy atom. The zero-order valence-corrected chi connectivity index (χ0v) is 9.18. The molecule has 0 aliphatic carbocycles. The summed E-state index contributed by atoms with van der Waals surface area (Å²) in [5, 5.41) is 3.22. The summed E-state index contributed by atoms with van der Waals surface area (Å²) in [6.45, 7) is 2.02. The van der Waals surface area contributed by atoms with Gasteiger partial charge in [-0.2, -0.15) is 0 Å². The molecule has 76 valence electrons. The van der Waals surface area contributed by atoms with Gasteiger partial charge >= 0.3 is 0 Å². The highest BCUT2D eigenvalue weighted by molar-refractivity contribution is 9.10. The predicted octanol–water partition coefficient (Wildman–Crippen LogP) is 2.25. The van der Waals surface area contributed by atoms with Crippen LogP contribution < -0.4 is 5.32 Å². The molecule has 1 aromatic rings. The molecule has 0 amide bonds. The standard InChI is InChI=1S/C10H11BrFNO/c11-7-1-2-8(9(12)5-7)10-6-14-4-3-13-10/h1-2,5,10,13H,3-4,6H2/t10-/m1/s1. The lowest BCUT2D eigenvalue weighted by Gasteiger charge is -2.24. The van der Waals surface area contributed by atoms with E-state index < -0.39 is 0 Å². The molecule has 1 heterocycles. The topological polar surface area (TPSA) is 21.3 Å². The van der Waals surface area contributed by atoms with E-state index >= 15 is 0 Å². The SMILES string of the molecule is Fc1cc(Br)ccc1[C@H]1COCCN1. The van der Waals surface area contributed by atoms with E-state index in [4.69, 9.17) is 4.74 Å². The maximum Gasteiger partial charge on any atom is 0.129 e. The summed E-state index contributed by atoms with van der Waals surface area (Å²) in [5.41, 5.74) is 0.674. The van der Waals surface area contributed by atoms with Gasteiger partial charge in [0.05, 0.1) is 19.3 Å². The molecule has 0 aromatic heterocycles. The quantitative estimate of drug-likeness (QED) is 0.836. The van der Waals surface area contributed by atoms with E-state index in [1.54, 1.807) is 6.07 Å². The van der Waals surface area contributed by atoms with Crippen molar-refractivity contribution in [1.82, 2.24) is 5.32 Å². The Kier molecular flexibility index (Phi) is 3.15. The lowest BCUT2D eigenvalue weighted by Crippen LogP contribution is -2.35. The normalized spacial score (nSPS) is 22.3. The van der Waals surface area contributed by atoms with Crippen LogP contribution in [-0.2, 0) is 4.74 Å². The summed E-state index contributed by atoms with van der Waals surface area (Å²) in [7, 11) is 0. The minimum Gasteiger partial charge on any atom is -0.378 e. The average molecular weight is 260 g/mol. The second-order valence-corrected chi connectivity index (χ2v) is 4.16. The van der Waals surface area contributed by atoms with Gasteiger partial charge < -0.3 is 10.1 Å². The highest BCUT2D eigenvalue weighted by atomic mass is 79.9. The number of ether oxygens (including phenoxy) is 1. The van der Waals surface area contributed by atoms with E-state index in [1.807, 2.05) is 6.07 Å². The van der Waals surface area contributed by atoms with Crippen molar-refractivity contribution >= 4 is 15.9 Å². The van der Waals surface area contributed by atoms with Crippen LogP contribution in [0.4, 0.5) is 4.39 Å². The summed E-state index contributed by atoms with van der Waals surface area (Å²) in [6, 6.07) is 5.09. The number of rotatable bonds is 1. The maximum absolute atomic E-state index is 13.5. The smallest absolute Gasteiger partial charge is 0.129 e. The highest BCUT2D eigenvalue weighted by Gasteiger charge is 2.18. The molecule has 1 aliphatic heterocycles. The molecule has 1 aliphatic rings. The third-order valence-electron chi connectivity index (χ3n) is 2.26. The van der Waals surface area contributed by atoms with Crippen molar-refractivity contribution in [1.29, 1.82) is 0 Å². The van der Waals surface area contributed by atoms with Crippen molar-refractivity contribution in [2.45, 2.75) is 6.04 Å². The fourth-order valence-corrected chi connectivity index (χ4v) is 1.88. The molecule has 0 bridgehead atoms. The van der Waals surface area contributed by atoms with Crippen LogP contribution in [0.3, 0.4) is 0 Å². The Morgan fingerprint density at radius 3 is 3.00 bits per heavy atom. The monoisotopic (exact) mass is 259 g/mol. The lowest BCUT2D eigenvalue weighted by molar-refractivity contribution is 0.0757. The van der Waals surface area contributed by atoms with E-state index in [2.05, 4.69) is 21.2 Å².